The number of aliphatic hydroxyl groups is 1. The molecular formula is C24H27N3O3. The fourth-order valence-corrected chi connectivity index (χ4v) is 4.53. The summed E-state index contributed by atoms with van der Waals surface area (Å²) in [6.07, 6.45) is -1.52. The van der Waals surface area contributed by atoms with Crippen molar-refractivity contribution in [3.05, 3.63) is 107 Å². The maximum absolute atomic E-state index is 10.1. The number of quaternary nitrogens is 1. The third kappa shape index (κ3) is 3.62. The van der Waals surface area contributed by atoms with Crippen molar-refractivity contribution in [3.63, 3.8) is 0 Å². The second kappa shape index (κ2) is 8.77. The van der Waals surface area contributed by atoms with Gasteiger partial charge in [-0.15, -0.1) is 0 Å². The van der Waals surface area contributed by atoms with Crippen LogP contribution in [-0.4, -0.2) is 23.2 Å². The van der Waals surface area contributed by atoms with Gasteiger partial charge in [-0.2, -0.15) is 0 Å². The number of carboxylic acids is 1. The van der Waals surface area contributed by atoms with Crippen LogP contribution in [0.15, 0.2) is 78.9 Å². The highest BCUT2D eigenvalue weighted by Crippen LogP contribution is 2.51. The second-order valence-electron chi connectivity index (χ2n) is 7.50. The summed E-state index contributed by atoms with van der Waals surface area (Å²) in [5, 5.41) is 19.1. The number of fused-ring (bicyclic) bond motifs is 1. The maximum atomic E-state index is 10.1. The normalized spacial score (nSPS) is 23.7. The van der Waals surface area contributed by atoms with Crippen LogP contribution in [0, 0.1) is 0 Å². The molecule has 0 radical (unpaired) electrons. The Morgan fingerprint density at radius 3 is 1.40 bits per heavy atom. The van der Waals surface area contributed by atoms with E-state index in [0.717, 1.165) is 0 Å². The number of hydrogen-bond acceptors (Lipinski definition) is 5. The van der Waals surface area contributed by atoms with E-state index in [1.54, 1.807) is 18.2 Å². The van der Waals surface area contributed by atoms with Crippen LogP contribution in [0.5, 0.6) is 0 Å². The van der Waals surface area contributed by atoms with Gasteiger partial charge >= 0.3 is 0 Å². The number of carboxylic acid groups (broad SMARTS) is 1. The zero-order valence-corrected chi connectivity index (χ0v) is 16.8. The van der Waals surface area contributed by atoms with Gasteiger partial charge in [0.05, 0.1) is 5.97 Å². The first-order valence-corrected chi connectivity index (χ1v) is 9.63. The molecule has 3 aliphatic rings. The summed E-state index contributed by atoms with van der Waals surface area (Å²) in [4.78, 5) is 10.1. The van der Waals surface area contributed by atoms with E-state index in [1.165, 1.54) is 34.4 Å². The Kier molecular flexibility index (Phi) is 6.34. The molecule has 0 heterocycles. The Hall–Kier alpha value is -3.03. The molecular weight excluding hydrogens is 378 g/mol. The molecule has 30 heavy (non-hydrogen) atoms. The van der Waals surface area contributed by atoms with Crippen molar-refractivity contribution in [3.8, 4) is 0 Å². The first-order valence-electron chi connectivity index (χ1n) is 9.63. The molecule has 6 heteroatoms. The van der Waals surface area contributed by atoms with Crippen molar-refractivity contribution in [2.45, 2.75) is 30.0 Å². The molecule has 156 valence electrons. The summed E-state index contributed by atoms with van der Waals surface area (Å²) >= 11 is 0. The summed E-state index contributed by atoms with van der Waals surface area (Å²) in [7, 11) is 0. The van der Waals surface area contributed by atoms with Crippen molar-refractivity contribution in [1.82, 2.24) is 6.15 Å². The molecule has 0 spiro atoms. The van der Waals surface area contributed by atoms with Gasteiger partial charge in [0.2, 0.25) is 0 Å². The lowest BCUT2D eigenvalue weighted by atomic mass is 9.60. The standard InChI is InChI=1S/C16H16N2.C8H8O3.H3N/c17-15-13-9-5-1-2-6-10(9)14(16(15)18)12-8-4-3-7-11(12)13;9-7(8(10)11)6-4-2-1-3-5-6;/h1-8,13-16H,17-18H2;1-5,7,9H,(H,10,11);1H3/t13?,14?,15-,16-;7-;/m01./s1. The van der Waals surface area contributed by atoms with Crippen LogP contribution in [0.4, 0.5) is 0 Å². The van der Waals surface area contributed by atoms with Crippen LogP contribution < -0.4 is 22.7 Å². The largest absolute Gasteiger partial charge is 0.547 e. The van der Waals surface area contributed by atoms with Crippen LogP contribution in [0.3, 0.4) is 0 Å². The summed E-state index contributed by atoms with van der Waals surface area (Å²) in [5.41, 5.74) is 18.6. The number of aliphatic carboxylic acids is 1. The van der Waals surface area contributed by atoms with Gasteiger partial charge in [-0.25, -0.2) is 0 Å². The predicted molar refractivity (Wildman–Crippen MR) is 115 cm³/mol. The maximum Gasteiger partial charge on any atom is 0.118 e. The van der Waals surface area contributed by atoms with Gasteiger partial charge < -0.3 is 32.6 Å². The van der Waals surface area contributed by atoms with Gasteiger partial charge in [-0.1, -0.05) is 78.9 Å². The molecule has 0 aromatic heterocycles. The molecule has 3 aromatic carbocycles. The van der Waals surface area contributed by atoms with E-state index < -0.39 is 12.1 Å². The summed E-state index contributed by atoms with van der Waals surface area (Å²) in [5.74, 6) is -0.953. The third-order valence-corrected chi connectivity index (χ3v) is 5.89. The van der Waals surface area contributed by atoms with Crippen molar-refractivity contribution in [2.24, 2.45) is 11.5 Å². The minimum absolute atomic E-state index is 0. The van der Waals surface area contributed by atoms with Crippen LogP contribution in [-0.2, 0) is 4.79 Å². The summed E-state index contributed by atoms with van der Waals surface area (Å²) in [6.45, 7) is 0. The molecule has 0 amide bonds. The van der Waals surface area contributed by atoms with Crippen LogP contribution in [0.1, 0.15) is 45.8 Å². The van der Waals surface area contributed by atoms with Crippen molar-refractivity contribution < 1.29 is 15.0 Å². The molecule has 0 saturated heterocycles. The smallest absolute Gasteiger partial charge is 0.118 e. The molecule has 3 atom stereocenters. The first kappa shape index (κ1) is 21.7. The summed E-state index contributed by atoms with van der Waals surface area (Å²) < 4.78 is 0. The molecule has 0 unspecified atom stereocenters. The quantitative estimate of drug-likeness (QED) is 0.513. The average molecular weight is 405 g/mol. The molecule has 0 fully saturated rings. The van der Waals surface area contributed by atoms with Crippen molar-refractivity contribution >= 4 is 5.97 Å². The highest BCUT2D eigenvalue weighted by atomic mass is 16.4. The number of carbonyl (C=O) groups is 1. The monoisotopic (exact) mass is 405 g/mol. The molecule has 0 aliphatic heterocycles. The molecule has 9 N–H and O–H groups in total. The second-order valence-corrected chi connectivity index (χ2v) is 7.50. The number of rotatable bonds is 2. The van der Waals surface area contributed by atoms with Gasteiger partial charge in [0.15, 0.2) is 0 Å². The highest BCUT2D eigenvalue weighted by Gasteiger charge is 2.46. The molecule has 3 aliphatic carbocycles. The van der Waals surface area contributed by atoms with E-state index in [-0.39, 0.29) is 30.1 Å². The number of aliphatic hydroxyl groups excluding tert-OH is 1. The van der Waals surface area contributed by atoms with E-state index in [2.05, 4.69) is 48.5 Å². The van der Waals surface area contributed by atoms with Crippen molar-refractivity contribution in [1.29, 1.82) is 0 Å². The molecule has 2 bridgehead atoms. The molecule has 0 saturated carbocycles. The Balaban J connectivity index is 0.000000186. The number of nitrogens with two attached hydrogens (primary N) is 2. The Labute approximate surface area is 175 Å². The van der Waals surface area contributed by atoms with Crippen LogP contribution in [0.2, 0.25) is 0 Å². The van der Waals surface area contributed by atoms with Crippen LogP contribution in [0.25, 0.3) is 0 Å². The fraction of sp³-hybridized carbons (Fsp3) is 0.208. The first-order chi connectivity index (χ1) is 14.0. The SMILES string of the molecule is N[C@H]1C2c3ccccc3C(c3ccccc32)[C@@H]1N.O=C([O-])[C@H](O)c1ccccc1.[NH4+]. The number of carbonyl (C=O) groups excluding carboxylic acids is 1. The molecule has 6 nitrogen and oxygen atoms in total. The van der Waals surface area contributed by atoms with E-state index in [1.807, 2.05) is 0 Å². The number of hydrogen-bond donors (Lipinski definition) is 4. The van der Waals surface area contributed by atoms with Gasteiger partial charge in [0.1, 0.15) is 6.10 Å². The minimum Gasteiger partial charge on any atom is -0.547 e. The van der Waals surface area contributed by atoms with E-state index in [9.17, 15) is 9.90 Å². The zero-order chi connectivity index (χ0) is 20.5. The number of benzene rings is 3. The van der Waals surface area contributed by atoms with E-state index >= 15 is 0 Å². The average Bonchev–Trinajstić information content (AvgIpc) is 2.76. The Morgan fingerprint density at radius 1 is 0.733 bits per heavy atom. The lowest BCUT2D eigenvalue weighted by molar-refractivity contribution is -0.315. The Bertz CT molecular complexity index is 923. The lowest BCUT2D eigenvalue weighted by Crippen LogP contribution is -2.56. The third-order valence-electron chi connectivity index (χ3n) is 5.89. The van der Waals surface area contributed by atoms with Crippen molar-refractivity contribution in [2.75, 3.05) is 0 Å². The molecule has 3 aromatic rings. The zero-order valence-electron chi connectivity index (χ0n) is 16.8. The van der Waals surface area contributed by atoms with Crippen LogP contribution >= 0.6 is 0 Å². The van der Waals surface area contributed by atoms with Gasteiger partial charge in [0.25, 0.3) is 0 Å². The lowest BCUT2D eigenvalue weighted by Gasteiger charge is -2.48. The van der Waals surface area contributed by atoms with Gasteiger partial charge in [-0.05, 0) is 27.8 Å². The summed E-state index contributed by atoms with van der Waals surface area (Å²) in [6, 6.07) is 25.4. The highest BCUT2D eigenvalue weighted by molar-refractivity contribution is 5.71. The Morgan fingerprint density at radius 2 is 1.07 bits per heavy atom. The predicted octanol–water partition coefficient (Wildman–Crippen LogP) is 1.78. The van der Waals surface area contributed by atoms with E-state index in [4.69, 9.17) is 16.6 Å². The minimum atomic E-state index is -1.52. The topological polar surface area (TPSA) is 149 Å². The molecule has 6 rings (SSSR count). The van der Waals surface area contributed by atoms with E-state index in [0.29, 0.717) is 5.56 Å². The van der Waals surface area contributed by atoms with Gasteiger partial charge in [-0.3, -0.25) is 0 Å². The van der Waals surface area contributed by atoms with Gasteiger partial charge in [0, 0.05) is 23.9 Å². The fourth-order valence-electron chi connectivity index (χ4n) is 4.53.